The third-order valence-electron chi connectivity index (χ3n) is 3.79. The van der Waals surface area contributed by atoms with E-state index in [4.69, 9.17) is 9.47 Å². The average molecular weight is 270 g/mol. The summed E-state index contributed by atoms with van der Waals surface area (Å²) in [6.45, 7) is 2.06. The lowest BCUT2D eigenvalue weighted by Crippen LogP contribution is -2.39. The Bertz CT molecular complexity index is 335. The molecule has 1 heterocycles. The van der Waals surface area contributed by atoms with Gasteiger partial charge >= 0.3 is 5.97 Å². The number of hydrogen-bond donors (Lipinski definition) is 2. The Morgan fingerprint density at radius 1 is 1.47 bits per heavy atom. The quantitative estimate of drug-likeness (QED) is 0.570. The van der Waals surface area contributed by atoms with Crippen LogP contribution < -0.4 is 0 Å². The predicted molar refractivity (Wildman–Crippen MR) is 68.4 cm³/mol. The first-order valence-electron chi connectivity index (χ1n) is 7.00. The SMILES string of the molecule is CCO[C@H]1C(=O)OC([C@H](O)C=CC2CCCC2)C1O. The Hall–Kier alpha value is -0.910. The lowest BCUT2D eigenvalue weighted by atomic mass is 10.0. The molecule has 5 nitrogen and oxygen atoms in total. The summed E-state index contributed by atoms with van der Waals surface area (Å²) in [4.78, 5) is 11.5. The number of esters is 1. The fraction of sp³-hybridized carbons (Fsp3) is 0.786. The highest BCUT2D eigenvalue weighted by Crippen LogP contribution is 2.27. The summed E-state index contributed by atoms with van der Waals surface area (Å²) in [5, 5.41) is 20.0. The summed E-state index contributed by atoms with van der Waals surface area (Å²) in [6, 6.07) is 0. The van der Waals surface area contributed by atoms with Crippen molar-refractivity contribution in [1.82, 2.24) is 0 Å². The number of aliphatic hydroxyl groups is 2. The zero-order valence-corrected chi connectivity index (χ0v) is 11.2. The number of rotatable bonds is 5. The van der Waals surface area contributed by atoms with E-state index in [1.54, 1.807) is 13.0 Å². The van der Waals surface area contributed by atoms with E-state index >= 15 is 0 Å². The Morgan fingerprint density at radius 3 is 2.79 bits per heavy atom. The van der Waals surface area contributed by atoms with Crippen molar-refractivity contribution in [2.24, 2.45) is 5.92 Å². The second-order valence-electron chi connectivity index (χ2n) is 5.19. The molecule has 5 heteroatoms. The molecule has 0 amide bonds. The summed E-state index contributed by atoms with van der Waals surface area (Å²) in [5.41, 5.74) is 0. The second-order valence-corrected chi connectivity index (χ2v) is 5.19. The van der Waals surface area contributed by atoms with E-state index in [0.717, 1.165) is 12.8 Å². The maximum absolute atomic E-state index is 11.5. The molecule has 0 aromatic heterocycles. The van der Waals surface area contributed by atoms with Crippen molar-refractivity contribution in [2.75, 3.05) is 6.61 Å². The number of aliphatic hydroxyl groups excluding tert-OH is 2. The molecule has 108 valence electrons. The van der Waals surface area contributed by atoms with Crippen LogP contribution in [-0.4, -0.2) is 47.2 Å². The summed E-state index contributed by atoms with van der Waals surface area (Å²) >= 11 is 0. The molecule has 2 fully saturated rings. The summed E-state index contributed by atoms with van der Waals surface area (Å²) in [5.74, 6) is -0.112. The van der Waals surface area contributed by atoms with E-state index in [2.05, 4.69) is 0 Å². The fourth-order valence-electron chi connectivity index (χ4n) is 2.73. The lowest BCUT2D eigenvalue weighted by molar-refractivity contribution is -0.151. The van der Waals surface area contributed by atoms with E-state index in [1.165, 1.54) is 12.8 Å². The maximum atomic E-state index is 11.5. The van der Waals surface area contributed by atoms with Gasteiger partial charge in [-0.2, -0.15) is 0 Å². The normalized spacial score (nSPS) is 34.1. The number of hydrogen-bond acceptors (Lipinski definition) is 5. The van der Waals surface area contributed by atoms with Gasteiger partial charge in [-0.25, -0.2) is 4.79 Å². The van der Waals surface area contributed by atoms with E-state index < -0.39 is 30.4 Å². The van der Waals surface area contributed by atoms with Crippen LogP contribution in [0.3, 0.4) is 0 Å². The van der Waals surface area contributed by atoms with Crippen molar-refractivity contribution >= 4 is 5.97 Å². The topological polar surface area (TPSA) is 76.0 Å². The standard InChI is InChI=1S/C14H22O5/c1-2-18-13-11(16)12(19-14(13)17)10(15)8-7-9-5-3-4-6-9/h7-13,15-16H,2-6H2,1H3/t10-,11?,12?,13-/m1/s1. The molecule has 1 saturated carbocycles. The molecular formula is C14H22O5. The van der Waals surface area contributed by atoms with Gasteiger partial charge in [0.25, 0.3) is 0 Å². The predicted octanol–water partition coefficient (Wildman–Crippen LogP) is 0.785. The monoisotopic (exact) mass is 270 g/mol. The number of cyclic esters (lactones) is 1. The maximum Gasteiger partial charge on any atom is 0.338 e. The minimum absolute atomic E-state index is 0.317. The molecule has 1 aliphatic heterocycles. The van der Waals surface area contributed by atoms with E-state index in [1.807, 2.05) is 6.08 Å². The van der Waals surface area contributed by atoms with Gasteiger partial charge in [-0.05, 0) is 25.7 Å². The van der Waals surface area contributed by atoms with Crippen molar-refractivity contribution < 1.29 is 24.5 Å². The zero-order valence-electron chi connectivity index (χ0n) is 11.2. The highest BCUT2D eigenvalue weighted by molar-refractivity contribution is 5.78. The van der Waals surface area contributed by atoms with Crippen LogP contribution in [0.1, 0.15) is 32.6 Å². The summed E-state index contributed by atoms with van der Waals surface area (Å²) < 4.78 is 10.1. The molecule has 4 atom stereocenters. The minimum atomic E-state index is -1.12. The van der Waals surface area contributed by atoms with Crippen LogP contribution in [0.15, 0.2) is 12.2 Å². The van der Waals surface area contributed by atoms with Crippen LogP contribution in [0.2, 0.25) is 0 Å². The Morgan fingerprint density at radius 2 is 2.16 bits per heavy atom. The first kappa shape index (κ1) is 14.5. The van der Waals surface area contributed by atoms with Gasteiger partial charge in [0.2, 0.25) is 0 Å². The molecule has 2 N–H and O–H groups in total. The molecule has 19 heavy (non-hydrogen) atoms. The Balaban J connectivity index is 1.91. The number of carbonyl (C=O) groups is 1. The zero-order chi connectivity index (χ0) is 13.8. The lowest BCUT2D eigenvalue weighted by Gasteiger charge is -2.18. The molecule has 0 spiro atoms. The van der Waals surface area contributed by atoms with Gasteiger partial charge in [-0.15, -0.1) is 0 Å². The van der Waals surface area contributed by atoms with Gasteiger partial charge in [0.15, 0.2) is 12.2 Å². The smallest absolute Gasteiger partial charge is 0.338 e. The van der Waals surface area contributed by atoms with Crippen molar-refractivity contribution in [3.63, 3.8) is 0 Å². The third-order valence-corrected chi connectivity index (χ3v) is 3.79. The second kappa shape index (κ2) is 6.50. The molecular weight excluding hydrogens is 248 g/mol. The Labute approximate surface area is 113 Å². The van der Waals surface area contributed by atoms with E-state index in [0.29, 0.717) is 12.5 Å². The molecule has 2 unspecified atom stereocenters. The molecule has 0 radical (unpaired) electrons. The molecule has 2 aliphatic rings. The third kappa shape index (κ3) is 3.35. The summed E-state index contributed by atoms with van der Waals surface area (Å²) in [7, 11) is 0. The molecule has 1 saturated heterocycles. The molecule has 0 aromatic carbocycles. The first-order chi connectivity index (χ1) is 9.13. The van der Waals surface area contributed by atoms with E-state index in [9.17, 15) is 15.0 Å². The van der Waals surface area contributed by atoms with Gasteiger partial charge in [-0.1, -0.05) is 25.0 Å². The average Bonchev–Trinajstić information content (AvgIpc) is 2.99. The van der Waals surface area contributed by atoms with Crippen LogP contribution in [0.5, 0.6) is 0 Å². The number of allylic oxidation sites excluding steroid dienone is 1. The Kier molecular flexibility index (Phi) is 4.96. The molecule has 0 bridgehead atoms. The highest BCUT2D eigenvalue weighted by atomic mass is 16.6. The van der Waals surface area contributed by atoms with Crippen LogP contribution in [0.25, 0.3) is 0 Å². The first-order valence-corrected chi connectivity index (χ1v) is 7.00. The van der Waals surface area contributed by atoms with Gasteiger partial charge in [0.05, 0.1) is 0 Å². The van der Waals surface area contributed by atoms with Gasteiger partial charge in [0.1, 0.15) is 12.2 Å². The van der Waals surface area contributed by atoms with Crippen molar-refractivity contribution in [2.45, 2.75) is 57.0 Å². The van der Waals surface area contributed by atoms with Crippen molar-refractivity contribution in [1.29, 1.82) is 0 Å². The van der Waals surface area contributed by atoms with Crippen LogP contribution >= 0.6 is 0 Å². The van der Waals surface area contributed by atoms with E-state index in [-0.39, 0.29) is 0 Å². The van der Waals surface area contributed by atoms with Gasteiger partial charge in [0, 0.05) is 6.61 Å². The largest absolute Gasteiger partial charge is 0.454 e. The van der Waals surface area contributed by atoms with Crippen molar-refractivity contribution in [3.05, 3.63) is 12.2 Å². The number of ether oxygens (including phenoxy) is 2. The van der Waals surface area contributed by atoms with Crippen LogP contribution in [0, 0.1) is 5.92 Å². The highest BCUT2D eigenvalue weighted by Gasteiger charge is 2.47. The van der Waals surface area contributed by atoms with Gasteiger partial charge < -0.3 is 19.7 Å². The fourth-order valence-corrected chi connectivity index (χ4v) is 2.73. The molecule has 0 aromatic rings. The van der Waals surface area contributed by atoms with Crippen LogP contribution in [0.4, 0.5) is 0 Å². The minimum Gasteiger partial charge on any atom is -0.454 e. The van der Waals surface area contributed by atoms with Gasteiger partial charge in [-0.3, -0.25) is 0 Å². The van der Waals surface area contributed by atoms with Crippen LogP contribution in [-0.2, 0) is 14.3 Å². The van der Waals surface area contributed by atoms with Crippen molar-refractivity contribution in [3.8, 4) is 0 Å². The summed E-state index contributed by atoms with van der Waals surface area (Å²) in [6.07, 6.45) is 4.30. The molecule has 1 aliphatic carbocycles. The number of carbonyl (C=O) groups excluding carboxylic acids is 1. The molecule has 2 rings (SSSR count).